The van der Waals surface area contributed by atoms with Gasteiger partial charge in [-0.25, -0.2) is 14.8 Å². The van der Waals surface area contributed by atoms with Gasteiger partial charge in [-0.3, -0.25) is 0 Å². The maximum Gasteiger partial charge on any atom is 0.357 e. The van der Waals surface area contributed by atoms with Crippen molar-refractivity contribution in [2.75, 3.05) is 12.9 Å². The van der Waals surface area contributed by atoms with E-state index in [1.165, 1.54) is 7.11 Å². The number of thioether (sulfide) groups is 1. The number of aromatic nitrogens is 2. The molecule has 0 radical (unpaired) electrons. The number of methoxy groups -OCH3 is 1. The third-order valence-electron chi connectivity index (χ3n) is 2.55. The highest BCUT2D eigenvalue weighted by molar-refractivity contribution is 7.98. The fourth-order valence-electron chi connectivity index (χ4n) is 1.74. The van der Waals surface area contributed by atoms with Gasteiger partial charge in [0.15, 0.2) is 5.69 Å². The monoisotopic (exact) mass is 253 g/mol. The van der Waals surface area contributed by atoms with Gasteiger partial charge in [-0.05, 0) is 5.75 Å². The molecule has 6 heteroatoms. The summed E-state index contributed by atoms with van der Waals surface area (Å²) in [5.41, 5.74) is 2.21. The van der Waals surface area contributed by atoms with E-state index in [0.717, 1.165) is 22.8 Å². The summed E-state index contributed by atoms with van der Waals surface area (Å²) in [5, 5.41) is 3.17. The van der Waals surface area contributed by atoms with Crippen molar-refractivity contribution in [2.45, 2.75) is 25.8 Å². The van der Waals surface area contributed by atoms with Crippen LogP contribution in [0.2, 0.25) is 0 Å². The molecule has 2 rings (SSSR count). The molecule has 0 amide bonds. The first-order valence-corrected chi connectivity index (χ1v) is 6.67. The molecule has 0 atom stereocenters. The molecule has 1 aliphatic heterocycles. The van der Waals surface area contributed by atoms with Crippen molar-refractivity contribution in [1.82, 2.24) is 15.3 Å². The number of carbonyl (C=O) groups is 1. The predicted octanol–water partition coefficient (Wildman–Crippen LogP) is 1.12. The van der Waals surface area contributed by atoms with Gasteiger partial charge >= 0.3 is 5.97 Å². The minimum atomic E-state index is -0.380. The first-order valence-electron chi connectivity index (χ1n) is 5.51. The minimum absolute atomic E-state index is 0.380. The van der Waals surface area contributed by atoms with Crippen molar-refractivity contribution in [3.8, 4) is 0 Å². The van der Waals surface area contributed by atoms with Crippen LogP contribution in [0.4, 0.5) is 0 Å². The van der Waals surface area contributed by atoms with Gasteiger partial charge in [0, 0.05) is 18.7 Å². The van der Waals surface area contributed by atoms with Crippen LogP contribution in [0.5, 0.6) is 0 Å². The van der Waals surface area contributed by atoms with Gasteiger partial charge in [-0.1, -0.05) is 6.92 Å². The van der Waals surface area contributed by atoms with Crippen LogP contribution >= 0.6 is 11.8 Å². The number of nitrogens with one attached hydrogen (secondary N) is 1. The highest BCUT2D eigenvalue weighted by Crippen LogP contribution is 2.19. The average Bonchev–Trinajstić information content (AvgIpc) is 2.82. The van der Waals surface area contributed by atoms with Crippen LogP contribution in [0.25, 0.3) is 0 Å². The highest BCUT2D eigenvalue weighted by atomic mass is 32.2. The zero-order valence-electron chi connectivity index (χ0n) is 9.95. The lowest BCUT2D eigenvalue weighted by Gasteiger charge is -2.07. The van der Waals surface area contributed by atoms with E-state index in [1.54, 1.807) is 11.8 Å². The maximum absolute atomic E-state index is 11.7. The smallest absolute Gasteiger partial charge is 0.357 e. The largest absolute Gasteiger partial charge is 0.464 e. The van der Waals surface area contributed by atoms with Crippen LogP contribution in [0.1, 0.15) is 34.5 Å². The van der Waals surface area contributed by atoms with E-state index in [2.05, 4.69) is 22.2 Å². The van der Waals surface area contributed by atoms with Crippen LogP contribution in [-0.2, 0) is 23.6 Å². The fourth-order valence-corrected chi connectivity index (χ4v) is 2.26. The predicted molar refractivity (Wildman–Crippen MR) is 65.8 cm³/mol. The number of carbonyl (C=O) groups excluding carboxylic acids is 1. The normalized spacial score (nSPS) is 13.5. The summed E-state index contributed by atoms with van der Waals surface area (Å²) in [7, 11) is 1.37. The quantitative estimate of drug-likeness (QED) is 0.811. The summed E-state index contributed by atoms with van der Waals surface area (Å²) in [4.78, 5) is 20.4. The molecule has 1 aliphatic rings. The van der Waals surface area contributed by atoms with Crippen molar-refractivity contribution in [1.29, 1.82) is 0 Å². The molecule has 1 aromatic heterocycles. The molecular weight excluding hydrogens is 238 g/mol. The van der Waals surface area contributed by atoms with Crippen molar-refractivity contribution in [3.05, 3.63) is 22.8 Å². The molecule has 17 heavy (non-hydrogen) atoms. The van der Waals surface area contributed by atoms with Crippen molar-refractivity contribution in [2.24, 2.45) is 0 Å². The summed E-state index contributed by atoms with van der Waals surface area (Å²) in [6.45, 7) is 3.42. The topological polar surface area (TPSA) is 64.1 Å². The second-order valence-corrected chi connectivity index (χ2v) is 4.92. The SMILES string of the molecule is CCSCc1nc2c(c(C(=O)OC)n1)CNC2. The zero-order valence-corrected chi connectivity index (χ0v) is 10.8. The Morgan fingerprint density at radius 3 is 3.00 bits per heavy atom. The van der Waals surface area contributed by atoms with Crippen molar-refractivity contribution in [3.63, 3.8) is 0 Å². The summed E-state index contributed by atoms with van der Waals surface area (Å²) in [6.07, 6.45) is 0. The van der Waals surface area contributed by atoms with Gasteiger partial charge in [-0.15, -0.1) is 0 Å². The molecule has 0 bridgehead atoms. The second-order valence-electron chi connectivity index (χ2n) is 3.65. The Morgan fingerprint density at radius 1 is 1.47 bits per heavy atom. The van der Waals surface area contributed by atoms with Gasteiger partial charge in [0.2, 0.25) is 0 Å². The van der Waals surface area contributed by atoms with Crippen LogP contribution < -0.4 is 5.32 Å². The standard InChI is InChI=1S/C11H15N3O2S/c1-3-17-6-9-13-8-5-12-4-7(8)10(14-9)11(15)16-2/h12H,3-6H2,1-2H3. The number of hydrogen-bond donors (Lipinski definition) is 1. The molecule has 0 saturated heterocycles. The molecule has 5 nitrogen and oxygen atoms in total. The van der Waals surface area contributed by atoms with E-state index in [1.807, 2.05) is 0 Å². The summed E-state index contributed by atoms with van der Waals surface area (Å²) in [5.74, 6) is 2.06. The summed E-state index contributed by atoms with van der Waals surface area (Å²) in [6, 6.07) is 0. The molecule has 0 aromatic carbocycles. The van der Waals surface area contributed by atoms with E-state index in [0.29, 0.717) is 24.6 Å². The number of nitrogens with zero attached hydrogens (tertiary/aromatic N) is 2. The first kappa shape index (κ1) is 12.3. The van der Waals surface area contributed by atoms with Crippen LogP contribution in [0, 0.1) is 0 Å². The van der Waals surface area contributed by atoms with Gasteiger partial charge in [-0.2, -0.15) is 11.8 Å². The number of esters is 1. The molecular formula is C11H15N3O2S. The fraction of sp³-hybridized carbons (Fsp3) is 0.545. The highest BCUT2D eigenvalue weighted by Gasteiger charge is 2.23. The van der Waals surface area contributed by atoms with E-state index >= 15 is 0 Å². The summed E-state index contributed by atoms with van der Waals surface area (Å²) >= 11 is 1.74. The van der Waals surface area contributed by atoms with Crippen LogP contribution in [-0.4, -0.2) is 28.8 Å². The van der Waals surface area contributed by atoms with E-state index < -0.39 is 0 Å². The Kier molecular flexibility index (Phi) is 3.96. The van der Waals surface area contributed by atoms with Crippen LogP contribution in [0.3, 0.4) is 0 Å². The number of rotatable bonds is 4. The molecule has 1 aromatic rings. The van der Waals surface area contributed by atoms with E-state index in [-0.39, 0.29) is 5.97 Å². The Bertz CT molecular complexity index is 437. The van der Waals surface area contributed by atoms with Gasteiger partial charge in [0.25, 0.3) is 0 Å². The number of hydrogen-bond acceptors (Lipinski definition) is 6. The average molecular weight is 253 g/mol. The first-order chi connectivity index (χ1) is 8.26. The number of ether oxygens (including phenoxy) is 1. The molecule has 1 N–H and O–H groups in total. The summed E-state index contributed by atoms with van der Waals surface area (Å²) < 4.78 is 4.76. The molecule has 0 unspecified atom stereocenters. The van der Waals surface area contributed by atoms with Crippen LogP contribution in [0.15, 0.2) is 0 Å². The molecule has 2 heterocycles. The third kappa shape index (κ3) is 2.58. The van der Waals surface area contributed by atoms with Gasteiger partial charge in [0.1, 0.15) is 5.82 Å². The molecule has 0 aliphatic carbocycles. The minimum Gasteiger partial charge on any atom is -0.464 e. The maximum atomic E-state index is 11.7. The lowest BCUT2D eigenvalue weighted by Crippen LogP contribution is -2.12. The Labute approximate surface area is 104 Å². The number of fused-ring (bicyclic) bond motifs is 1. The second kappa shape index (κ2) is 5.46. The Morgan fingerprint density at radius 2 is 2.29 bits per heavy atom. The molecule has 0 saturated carbocycles. The Balaban J connectivity index is 2.35. The van der Waals surface area contributed by atoms with Crippen molar-refractivity contribution < 1.29 is 9.53 Å². The van der Waals surface area contributed by atoms with E-state index in [9.17, 15) is 4.79 Å². The molecule has 92 valence electrons. The van der Waals surface area contributed by atoms with E-state index in [4.69, 9.17) is 4.74 Å². The Hall–Kier alpha value is -1.14. The van der Waals surface area contributed by atoms with Crippen molar-refractivity contribution >= 4 is 17.7 Å². The lowest BCUT2D eigenvalue weighted by atomic mass is 10.2. The molecule has 0 spiro atoms. The zero-order chi connectivity index (χ0) is 12.3. The lowest BCUT2D eigenvalue weighted by molar-refractivity contribution is 0.0592. The van der Waals surface area contributed by atoms with Gasteiger partial charge < -0.3 is 10.1 Å². The molecule has 0 fully saturated rings. The van der Waals surface area contributed by atoms with Gasteiger partial charge in [0.05, 0.1) is 18.6 Å². The third-order valence-corrected chi connectivity index (χ3v) is 3.42.